The standard InChI is InChI=1S/C13H14F3N3/c1-8(17)6-11-7-12(19-18-11)9-2-4-10(5-3-9)13(14,15)16/h2-5,7-8H,6,17H2,1H3,(H,18,19). The number of aromatic nitrogens is 2. The number of alkyl halides is 3. The number of benzene rings is 1. The Morgan fingerprint density at radius 3 is 2.42 bits per heavy atom. The van der Waals surface area contributed by atoms with Crippen LogP contribution in [0, 0.1) is 0 Å². The lowest BCUT2D eigenvalue weighted by Gasteiger charge is -2.06. The van der Waals surface area contributed by atoms with E-state index in [1.807, 2.05) is 6.92 Å². The smallest absolute Gasteiger partial charge is 0.328 e. The van der Waals surface area contributed by atoms with E-state index in [9.17, 15) is 13.2 Å². The fourth-order valence-corrected chi connectivity index (χ4v) is 1.79. The molecule has 0 amide bonds. The van der Waals surface area contributed by atoms with Crippen LogP contribution in [0.2, 0.25) is 0 Å². The number of aromatic amines is 1. The second-order valence-electron chi connectivity index (χ2n) is 4.53. The van der Waals surface area contributed by atoms with Crippen molar-refractivity contribution >= 4 is 0 Å². The lowest BCUT2D eigenvalue weighted by molar-refractivity contribution is -0.137. The zero-order chi connectivity index (χ0) is 14.0. The van der Waals surface area contributed by atoms with Gasteiger partial charge >= 0.3 is 6.18 Å². The van der Waals surface area contributed by atoms with Crippen molar-refractivity contribution in [1.29, 1.82) is 0 Å². The summed E-state index contributed by atoms with van der Waals surface area (Å²) in [6, 6.07) is 6.72. The van der Waals surface area contributed by atoms with Gasteiger partial charge in [0.2, 0.25) is 0 Å². The molecule has 1 aromatic heterocycles. The number of nitrogens with one attached hydrogen (secondary N) is 1. The third kappa shape index (κ3) is 3.35. The number of hydrogen-bond acceptors (Lipinski definition) is 2. The Morgan fingerprint density at radius 2 is 1.89 bits per heavy atom. The highest BCUT2D eigenvalue weighted by atomic mass is 19.4. The predicted octanol–water partition coefficient (Wildman–Crippen LogP) is 2.99. The zero-order valence-corrected chi connectivity index (χ0v) is 10.3. The number of hydrogen-bond donors (Lipinski definition) is 2. The number of halogens is 3. The molecule has 0 fully saturated rings. The van der Waals surface area contributed by atoms with Gasteiger partial charge in [0.25, 0.3) is 0 Å². The predicted molar refractivity (Wildman–Crippen MR) is 66.4 cm³/mol. The summed E-state index contributed by atoms with van der Waals surface area (Å²) in [7, 11) is 0. The summed E-state index contributed by atoms with van der Waals surface area (Å²) in [6.45, 7) is 1.87. The fraction of sp³-hybridized carbons (Fsp3) is 0.308. The van der Waals surface area contributed by atoms with E-state index < -0.39 is 11.7 Å². The Bertz CT molecular complexity index is 541. The third-order valence-electron chi connectivity index (χ3n) is 2.68. The Balaban J connectivity index is 2.20. The molecular formula is C13H14F3N3. The fourth-order valence-electron chi connectivity index (χ4n) is 1.79. The Hall–Kier alpha value is -1.82. The highest BCUT2D eigenvalue weighted by Gasteiger charge is 2.30. The molecule has 102 valence electrons. The van der Waals surface area contributed by atoms with E-state index in [0.717, 1.165) is 17.8 Å². The summed E-state index contributed by atoms with van der Waals surface area (Å²) < 4.78 is 37.3. The molecule has 0 aliphatic rings. The van der Waals surface area contributed by atoms with Crippen LogP contribution in [0.4, 0.5) is 13.2 Å². The molecule has 0 radical (unpaired) electrons. The van der Waals surface area contributed by atoms with Gasteiger partial charge in [-0.25, -0.2) is 0 Å². The Kier molecular flexibility index (Phi) is 3.61. The van der Waals surface area contributed by atoms with Crippen molar-refractivity contribution in [3.05, 3.63) is 41.6 Å². The van der Waals surface area contributed by atoms with E-state index in [4.69, 9.17) is 5.73 Å². The summed E-state index contributed by atoms with van der Waals surface area (Å²) in [5.41, 5.74) is 7.12. The van der Waals surface area contributed by atoms with Crippen molar-refractivity contribution in [2.24, 2.45) is 5.73 Å². The van der Waals surface area contributed by atoms with Crippen molar-refractivity contribution in [3.63, 3.8) is 0 Å². The number of rotatable bonds is 3. The summed E-state index contributed by atoms with van der Waals surface area (Å²) >= 11 is 0. The van der Waals surface area contributed by atoms with Crippen molar-refractivity contribution in [2.45, 2.75) is 25.6 Å². The molecule has 0 saturated carbocycles. The van der Waals surface area contributed by atoms with Crippen LogP contribution < -0.4 is 5.73 Å². The van der Waals surface area contributed by atoms with E-state index in [0.29, 0.717) is 17.7 Å². The highest BCUT2D eigenvalue weighted by Crippen LogP contribution is 2.30. The molecule has 19 heavy (non-hydrogen) atoms. The lowest BCUT2D eigenvalue weighted by Crippen LogP contribution is -2.17. The van der Waals surface area contributed by atoms with Crippen LogP contribution in [0.5, 0.6) is 0 Å². The molecule has 0 saturated heterocycles. The average molecular weight is 269 g/mol. The van der Waals surface area contributed by atoms with Crippen LogP contribution >= 0.6 is 0 Å². The first kappa shape index (κ1) is 13.6. The maximum atomic E-state index is 12.4. The second-order valence-corrected chi connectivity index (χ2v) is 4.53. The summed E-state index contributed by atoms with van der Waals surface area (Å²) in [5, 5.41) is 6.90. The lowest BCUT2D eigenvalue weighted by atomic mass is 10.1. The molecule has 1 unspecified atom stereocenters. The second kappa shape index (κ2) is 5.05. The molecule has 1 atom stereocenters. The summed E-state index contributed by atoms with van der Waals surface area (Å²) in [6.07, 6.45) is -3.67. The maximum absolute atomic E-state index is 12.4. The number of nitrogens with zero attached hydrogens (tertiary/aromatic N) is 1. The average Bonchev–Trinajstić information content (AvgIpc) is 2.75. The van der Waals surface area contributed by atoms with E-state index in [2.05, 4.69) is 10.2 Å². The number of H-pyrrole nitrogens is 1. The van der Waals surface area contributed by atoms with Crippen molar-refractivity contribution in [1.82, 2.24) is 10.2 Å². The first-order valence-corrected chi connectivity index (χ1v) is 5.84. The van der Waals surface area contributed by atoms with Crippen molar-refractivity contribution in [3.8, 4) is 11.3 Å². The van der Waals surface area contributed by atoms with Crippen molar-refractivity contribution in [2.75, 3.05) is 0 Å². The molecule has 0 aliphatic heterocycles. The minimum Gasteiger partial charge on any atom is -0.328 e. The highest BCUT2D eigenvalue weighted by molar-refractivity contribution is 5.59. The third-order valence-corrected chi connectivity index (χ3v) is 2.68. The molecule has 0 aliphatic carbocycles. The largest absolute Gasteiger partial charge is 0.416 e. The molecule has 6 heteroatoms. The Labute approximate surface area is 108 Å². The van der Waals surface area contributed by atoms with Crippen LogP contribution in [-0.2, 0) is 12.6 Å². The quantitative estimate of drug-likeness (QED) is 0.900. The van der Waals surface area contributed by atoms with Gasteiger partial charge in [-0.3, -0.25) is 5.10 Å². The van der Waals surface area contributed by atoms with Gasteiger partial charge in [0.05, 0.1) is 11.3 Å². The van der Waals surface area contributed by atoms with Crippen molar-refractivity contribution < 1.29 is 13.2 Å². The first-order valence-electron chi connectivity index (χ1n) is 5.84. The SMILES string of the molecule is CC(N)Cc1cc(-c2ccc(C(F)(F)F)cc2)n[nH]1. The molecule has 0 bridgehead atoms. The molecule has 3 N–H and O–H groups in total. The van der Waals surface area contributed by atoms with Crippen LogP contribution in [0.3, 0.4) is 0 Å². The first-order chi connectivity index (χ1) is 8.86. The van der Waals surface area contributed by atoms with E-state index in [1.165, 1.54) is 12.1 Å². The van der Waals surface area contributed by atoms with Gasteiger partial charge in [-0.15, -0.1) is 0 Å². The normalized spacial score (nSPS) is 13.5. The monoisotopic (exact) mass is 269 g/mol. The minimum atomic E-state index is -4.32. The molecule has 1 aromatic carbocycles. The molecule has 2 rings (SSSR count). The molecule has 3 nitrogen and oxygen atoms in total. The molecular weight excluding hydrogens is 255 g/mol. The topological polar surface area (TPSA) is 54.7 Å². The zero-order valence-electron chi connectivity index (χ0n) is 10.3. The van der Waals surface area contributed by atoms with Crippen LogP contribution in [0.1, 0.15) is 18.2 Å². The van der Waals surface area contributed by atoms with E-state index in [1.54, 1.807) is 6.07 Å². The van der Waals surface area contributed by atoms with E-state index in [-0.39, 0.29) is 6.04 Å². The van der Waals surface area contributed by atoms with Crippen LogP contribution in [0.25, 0.3) is 11.3 Å². The summed E-state index contributed by atoms with van der Waals surface area (Å²) in [5.74, 6) is 0. The number of nitrogens with two attached hydrogens (primary N) is 1. The van der Waals surface area contributed by atoms with Crippen LogP contribution in [0.15, 0.2) is 30.3 Å². The Morgan fingerprint density at radius 1 is 1.26 bits per heavy atom. The molecule has 1 heterocycles. The van der Waals surface area contributed by atoms with Gasteiger partial charge in [-0.05, 0) is 25.1 Å². The van der Waals surface area contributed by atoms with Crippen LogP contribution in [-0.4, -0.2) is 16.2 Å². The molecule has 0 spiro atoms. The van der Waals surface area contributed by atoms with Gasteiger partial charge < -0.3 is 5.73 Å². The van der Waals surface area contributed by atoms with Gasteiger partial charge in [-0.2, -0.15) is 18.3 Å². The van der Waals surface area contributed by atoms with Gasteiger partial charge in [0.1, 0.15) is 0 Å². The van der Waals surface area contributed by atoms with Gasteiger partial charge in [0.15, 0.2) is 0 Å². The minimum absolute atomic E-state index is 0.000838. The van der Waals surface area contributed by atoms with Gasteiger partial charge in [-0.1, -0.05) is 12.1 Å². The van der Waals surface area contributed by atoms with Gasteiger partial charge in [0, 0.05) is 23.7 Å². The van der Waals surface area contributed by atoms with E-state index >= 15 is 0 Å². The summed E-state index contributed by atoms with van der Waals surface area (Å²) in [4.78, 5) is 0. The maximum Gasteiger partial charge on any atom is 0.416 e. The molecule has 2 aromatic rings.